The molecule has 2 N–H and O–H groups in total. The fraction of sp³-hybridized carbons (Fsp3) is 0.0909. The summed E-state index contributed by atoms with van der Waals surface area (Å²) in [5.74, 6) is -0.470. The number of carbonyl (C=O) groups excluding carboxylic acids is 2. The van der Waals surface area contributed by atoms with E-state index in [0.29, 0.717) is 16.9 Å². The Hall–Kier alpha value is -3.60. The van der Waals surface area contributed by atoms with Crippen LogP contribution in [0.5, 0.6) is 0 Å². The van der Waals surface area contributed by atoms with Gasteiger partial charge in [0.1, 0.15) is 0 Å². The van der Waals surface area contributed by atoms with Gasteiger partial charge in [0.25, 0.3) is 5.91 Å². The van der Waals surface area contributed by atoms with E-state index in [2.05, 4.69) is 10.6 Å². The standard InChI is InChI=1S/C22H21N3O2/c1-25(16-21(26)24-18-12-6-3-7-13-18)22(27)19-14-8-9-15-20(19)23-17-10-4-2-5-11-17/h2-15,23H,16H2,1H3,(H,24,26). The molecule has 27 heavy (non-hydrogen) atoms. The predicted octanol–water partition coefficient (Wildman–Crippen LogP) is 4.14. The fourth-order valence-electron chi connectivity index (χ4n) is 2.67. The lowest BCUT2D eigenvalue weighted by atomic mass is 10.1. The molecule has 3 aromatic rings. The molecule has 5 nitrogen and oxygen atoms in total. The quantitative estimate of drug-likeness (QED) is 0.695. The summed E-state index contributed by atoms with van der Waals surface area (Å²) in [6.45, 7) is -0.0343. The third-order valence-corrected chi connectivity index (χ3v) is 4.00. The first kappa shape index (κ1) is 18.2. The van der Waals surface area contributed by atoms with Crippen molar-refractivity contribution in [3.05, 3.63) is 90.5 Å². The Morgan fingerprint density at radius 1 is 0.778 bits per heavy atom. The van der Waals surface area contributed by atoms with Crippen LogP contribution < -0.4 is 10.6 Å². The molecule has 0 heterocycles. The molecule has 0 unspecified atom stereocenters. The maximum Gasteiger partial charge on any atom is 0.256 e. The molecule has 0 saturated heterocycles. The minimum absolute atomic E-state index is 0.0343. The van der Waals surface area contributed by atoms with Gasteiger partial charge in [-0.25, -0.2) is 0 Å². The van der Waals surface area contributed by atoms with E-state index in [0.717, 1.165) is 5.69 Å². The summed E-state index contributed by atoms with van der Waals surface area (Å²) in [5, 5.41) is 6.04. The van der Waals surface area contributed by atoms with Gasteiger partial charge < -0.3 is 15.5 Å². The summed E-state index contributed by atoms with van der Waals surface area (Å²) in [7, 11) is 1.62. The molecule has 136 valence electrons. The van der Waals surface area contributed by atoms with Crippen LogP contribution in [0, 0.1) is 0 Å². The van der Waals surface area contributed by atoms with Crippen molar-refractivity contribution in [2.45, 2.75) is 0 Å². The zero-order valence-electron chi connectivity index (χ0n) is 15.1. The highest BCUT2D eigenvalue weighted by Crippen LogP contribution is 2.21. The average molecular weight is 359 g/mol. The normalized spacial score (nSPS) is 10.1. The van der Waals surface area contributed by atoms with E-state index >= 15 is 0 Å². The van der Waals surface area contributed by atoms with Crippen LogP contribution in [0.15, 0.2) is 84.9 Å². The number of rotatable bonds is 6. The van der Waals surface area contributed by atoms with Crippen LogP contribution in [0.25, 0.3) is 0 Å². The van der Waals surface area contributed by atoms with Gasteiger partial charge in [0.15, 0.2) is 0 Å². The van der Waals surface area contributed by atoms with Crippen LogP contribution >= 0.6 is 0 Å². The van der Waals surface area contributed by atoms with Gasteiger partial charge in [-0.15, -0.1) is 0 Å². The van der Waals surface area contributed by atoms with E-state index in [1.54, 1.807) is 31.3 Å². The lowest BCUT2D eigenvalue weighted by Gasteiger charge is -2.19. The van der Waals surface area contributed by atoms with Crippen molar-refractivity contribution in [3.8, 4) is 0 Å². The zero-order chi connectivity index (χ0) is 19.1. The molecule has 3 aromatic carbocycles. The second-order valence-electron chi connectivity index (χ2n) is 6.11. The highest BCUT2D eigenvalue weighted by Gasteiger charge is 2.18. The average Bonchev–Trinajstić information content (AvgIpc) is 2.69. The van der Waals surface area contributed by atoms with Gasteiger partial charge in [-0.1, -0.05) is 48.5 Å². The van der Waals surface area contributed by atoms with Gasteiger partial charge in [-0.3, -0.25) is 9.59 Å². The number of nitrogens with zero attached hydrogens (tertiary/aromatic N) is 1. The summed E-state index contributed by atoms with van der Waals surface area (Å²) in [4.78, 5) is 26.5. The summed E-state index contributed by atoms with van der Waals surface area (Å²) >= 11 is 0. The fourth-order valence-corrected chi connectivity index (χ4v) is 2.67. The van der Waals surface area contributed by atoms with E-state index in [-0.39, 0.29) is 18.4 Å². The summed E-state index contributed by atoms with van der Waals surface area (Å²) in [5.41, 5.74) is 2.80. The first-order valence-corrected chi connectivity index (χ1v) is 8.65. The van der Waals surface area contributed by atoms with Crippen LogP contribution in [0.2, 0.25) is 0 Å². The first-order valence-electron chi connectivity index (χ1n) is 8.65. The Balaban J connectivity index is 1.69. The number of hydrogen-bond acceptors (Lipinski definition) is 3. The van der Waals surface area contributed by atoms with Gasteiger partial charge in [-0.05, 0) is 36.4 Å². The smallest absolute Gasteiger partial charge is 0.256 e. The van der Waals surface area contributed by atoms with Crippen LogP contribution in [0.3, 0.4) is 0 Å². The second kappa shape index (κ2) is 8.67. The number of anilines is 3. The Labute approximate surface area is 158 Å². The molecule has 5 heteroatoms. The molecular weight excluding hydrogens is 338 g/mol. The minimum Gasteiger partial charge on any atom is -0.355 e. The second-order valence-corrected chi connectivity index (χ2v) is 6.11. The Bertz CT molecular complexity index is 911. The molecule has 0 saturated carbocycles. The molecule has 0 radical (unpaired) electrons. The molecule has 0 aliphatic heterocycles. The number of para-hydroxylation sites is 3. The van der Waals surface area contributed by atoms with E-state index < -0.39 is 0 Å². The number of likely N-dealkylation sites (N-methyl/N-ethyl adjacent to an activating group) is 1. The number of nitrogens with one attached hydrogen (secondary N) is 2. The van der Waals surface area contributed by atoms with Crippen LogP contribution in [-0.4, -0.2) is 30.3 Å². The summed E-state index contributed by atoms with van der Waals surface area (Å²) in [6, 6.07) is 26.1. The van der Waals surface area contributed by atoms with Gasteiger partial charge in [0.05, 0.1) is 17.8 Å². The molecule has 0 fully saturated rings. The maximum atomic E-state index is 12.8. The number of benzene rings is 3. The lowest BCUT2D eigenvalue weighted by Crippen LogP contribution is -2.35. The maximum absolute atomic E-state index is 12.8. The summed E-state index contributed by atoms with van der Waals surface area (Å²) < 4.78 is 0. The molecule has 0 aromatic heterocycles. The SMILES string of the molecule is CN(CC(=O)Nc1ccccc1)C(=O)c1ccccc1Nc1ccccc1. The van der Waals surface area contributed by atoms with Crippen molar-refractivity contribution in [2.75, 3.05) is 24.2 Å². The van der Waals surface area contributed by atoms with Crippen molar-refractivity contribution in [1.29, 1.82) is 0 Å². The van der Waals surface area contributed by atoms with Gasteiger partial charge in [0.2, 0.25) is 5.91 Å². The van der Waals surface area contributed by atoms with E-state index in [1.807, 2.05) is 60.7 Å². The molecule has 0 aliphatic rings. The van der Waals surface area contributed by atoms with Crippen molar-refractivity contribution in [3.63, 3.8) is 0 Å². The largest absolute Gasteiger partial charge is 0.355 e. The topological polar surface area (TPSA) is 61.4 Å². The Morgan fingerprint density at radius 2 is 1.33 bits per heavy atom. The van der Waals surface area contributed by atoms with Gasteiger partial charge in [0, 0.05) is 18.4 Å². The molecule has 3 rings (SSSR count). The van der Waals surface area contributed by atoms with E-state index in [4.69, 9.17) is 0 Å². The van der Waals surface area contributed by atoms with Crippen molar-refractivity contribution in [1.82, 2.24) is 4.90 Å². The van der Waals surface area contributed by atoms with E-state index in [1.165, 1.54) is 4.90 Å². The minimum atomic E-state index is -0.245. The van der Waals surface area contributed by atoms with Crippen molar-refractivity contribution < 1.29 is 9.59 Å². The number of hydrogen-bond donors (Lipinski definition) is 2. The lowest BCUT2D eigenvalue weighted by molar-refractivity contribution is -0.116. The molecule has 0 bridgehead atoms. The molecule has 2 amide bonds. The Kier molecular flexibility index (Phi) is 5.84. The first-order chi connectivity index (χ1) is 13.1. The number of carbonyl (C=O) groups is 2. The third-order valence-electron chi connectivity index (χ3n) is 4.00. The van der Waals surface area contributed by atoms with Gasteiger partial charge >= 0.3 is 0 Å². The molecule has 0 spiro atoms. The third kappa shape index (κ3) is 4.95. The zero-order valence-corrected chi connectivity index (χ0v) is 15.1. The molecular formula is C22H21N3O2. The highest BCUT2D eigenvalue weighted by molar-refractivity contribution is 6.03. The van der Waals surface area contributed by atoms with Gasteiger partial charge in [-0.2, -0.15) is 0 Å². The van der Waals surface area contributed by atoms with Crippen LogP contribution in [-0.2, 0) is 4.79 Å². The monoisotopic (exact) mass is 359 g/mol. The van der Waals surface area contributed by atoms with Crippen molar-refractivity contribution >= 4 is 28.9 Å². The molecule has 0 aliphatic carbocycles. The summed E-state index contributed by atoms with van der Waals surface area (Å²) in [6.07, 6.45) is 0. The predicted molar refractivity (Wildman–Crippen MR) is 108 cm³/mol. The van der Waals surface area contributed by atoms with Crippen molar-refractivity contribution in [2.24, 2.45) is 0 Å². The van der Waals surface area contributed by atoms with Crippen LogP contribution in [0.4, 0.5) is 17.1 Å². The highest BCUT2D eigenvalue weighted by atomic mass is 16.2. The number of amides is 2. The van der Waals surface area contributed by atoms with E-state index in [9.17, 15) is 9.59 Å². The molecule has 0 atom stereocenters. The van der Waals surface area contributed by atoms with Crippen LogP contribution in [0.1, 0.15) is 10.4 Å². The Morgan fingerprint density at radius 3 is 2.00 bits per heavy atom.